The molecule has 6 heteroatoms. The van der Waals surface area contributed by atoms with Gasteiger partial charge in [0.25, 0.3) is 0 Å². The second-order valence-corrected chi connectivity index (χ2v) is 6.75. The number of aromatic nitrogens is 1. The van der Waals surface area contributed by atoms with Gasteiger partial charge in [0.05, 0.1) is 17.8 Å². The third-order valence-corrected chi connectivity index (χ3v) is 3.80. The maximum Gasteiger partial charge on any atom is 0.416 e. The second kappa shape index (κ2) is 5.67. The molecule has 0 saturated carbocycles. The van der Waals surface area contributed by atoms with E-state index in [4.69, 9.17) is 0 Å². The number of anilines is 1. The van der Waals surface area contributed by atoms with Gasteiger partial charge < -0.3 is 5.32 Å². The molecular weight excluding hydrogens is 297 g/mol. The van der Waals surface area contributed by atoms with Crippen molar-refractivity contribution in [1.29, 1.82) is 0 Å². The molecule has 114 valence electrons. The first-order chi connectivity index (χ1) is 9.66. The lowest BCUT2D eigenvalue weighted by Gasteiger charge is -2.14. The van der Waals surface area contributed by atoms with Crippen LogP contribution in [0.25, 0.3) is 0 Å². The van der Waals surface area contributed by atoms with Gasteiger partial charge in [0.15, 0.2) is 0 Å². The molecule has 0 spiro atoms. The first-order valence-electron chi connectivity index (χ1n) is 6.52. The molecule has 1 aromatic heterocycles. The van der Waals surface area contributed by atoms with E-state index in [2.05, 4.69) is 31.1 Å². The van der Waals surface area contributed by atoms with Crippen molar-refractivity contribution in [3.63, 3.8) is 0 Å². The van der Waals surface area contributed by atoms with Crippen LogP contribution in [0.5, 0.6) is 0 Å². The minimum absolute atomic E-state index is 0.0229. The molecule has 0 bridgehead atoms. The summed E-state index contributed by atoms with van der Waals surface area (Å²) in [5, 5.41) is 5.83. The van der Waals surface area contributed by atoms with Crippen LogP contribution in [0.3, 0.4) is 0 Å². The molecule has 0 amide bonds. The molecule has 2 rings (SSSR count). The molecule has 21 heavy (non-hydrogen) atoms. The number of halogens is 3. The predicted molar refractivity (Wildman–Crippen MR) is 79.6 cm³/mol. The van der Waals surface area contributed by atoms with Gasteiger partial charge >= 0.3 is 6.18 Å². The largest absolute Gasteiger partial charge is 0.416 e. The number of rotatable bonds is 3. The lowest BCUT2D eigenvalue weighted by Crippen LogP contribution is -2.12. The molecule has 1 aromatic carbocycles. The zero-order chi connectivity index (χ0) is 15.7. The second-order valence-electron chi connectivity index (χ2n) is 5.81. The molecule has 0 unspecified atom stereocenters. The molecule has 0 saturated heterocycles. The van der Waals surface area contributed by atoms with Crippen LogP contribution in [0.2, 0.25) is 0 Å². The van der Waals surface area contributed by atoms with Crippen molar-refractivity contribution < 1.29 is 13.2 Å². The number of hydrogen-bond acceptors (Lipinski definition) is 3. The van der Waals surface area contributed by atoms with E-state index in [1.54, 1.807) is 6.07 Å². The van der Waals surface area contributed by atoms with E-state index >= 15 is 0 Å². The highest BCUT2D eigenvalue weighted by atomic mass is 32.1. The fourth-order valence-electron chi connectivity index (χ4n) is 1.72. The zero-order valence-corrected chi connectivity index (χ0v) is 12.9. The highest BCUT2D eigenvalue weighted by Crippen LogP contribution is 2.31. The Kier molecular flexibility index (Phi) is 4.27. The van der Waals surface area contributed by atoms with Crippen molar-refractivity contribution in [3.8, 4) is 0 Å². The van der Waals surface area contributed by atoms with Crippen LogP contribution in [-0.2, 0) is 18.1 Å². The summed E-state index contributed by atoms with van der Waals surface area (Å²) in [6, 6.07) is 5.19. The topological polar surface area (TPSA) is 24.9 Å². The monoisotopic (exact) mass is 314 g/mol. The molecule has 0 aliphatic rings. The van der Waals surface area contributed by atoms with Crippen LogP contribution in [0.15, 0.2) is 29.6 Å². The average Bonchev–Trinajstić information content (AvgIpc) is 2.84. The minimum atomic E-state index is -4.32. The third-order valence-electron chi connectivity index (χ3n) is 2.95. The summed E-state index contributed by atoms with van der Waals surface area (Å²) < 4.78 is 37.9. The summed E-state index contributed by atoms with van der Waals surface area (Å²) in [6.45, 7) is 6.65. The Bertz CT molecular complexity index is 612. The number of hydrogen-bond donors (Lipinski definition) is 1. The maximum atomic E-state index is 12.6. The molecule has 0 radical (unpaired) electrons. The number of nitrogens with one attached hydrogen (secondary N) is 1. The third kappa shape index (κ3) is 4.20. The fourth-order valence-corrected chi connectivity index (χ4v) is 2.68. The molecule has 1 N–H and O–H groups in total. The predicted octanol–water partition coefficient (Wildman–Crippen LogP) is 5.07. The van der Waals surface area contributed by atoms with Crippen molar-refractivity contribution in [2.75, 3.05) is 5.32 Å². The fraction of sp³-hybridized carbons (Fsp3) is 0.400. The van der Waals surface area contributed by atoms with Crippen molar-refractivity contribution in [2.24, 2.45) is 0 Å². The van der Waals surface area contributed by atoms with Crippen molar-refractivity contribution in [3.05, 3.63) is 45.9 Å². The van der Waals surface area contributed by atoms with E-state index in [1.165, 1.54) is 17.4 Å². The average molecular weight is 314 g/mol. The number of thiazole rings is 1. The van der Waals surface area contributed by atoms with Gasteiger partial charge in [0.2, 0.25) is 0 Å². The van der Waals surface area contributed by atoms with Crippen LogP contribution >= 0.6 is 11.3 Å². The Morgan fingerprint density at radius 3 is 2.48 bits per heavy atom. The van der Waals surface area contributed by atoms with E-state index in [0.717, 1.165) is 22.8 Å². The van der Waals surface area contributed by atoms with Gasteiger partial charge in [-0.1, -0.05) is 26.8 Å². The highest BCUT2D eigenvalue weighted by Gasteiger charge is 2.30. The SMILES string of the molecule is CC(C)(C)c1csc(CNc2cccc(C(F)(F)F)c2)n1. The molecular formula is C15H17F3N2S. The van der Waals surface area contributed by atoms with Gasteiger partial charge in [-0.25, -0.2) is 4.98 Å². The number of nitrogens with zero attached hydrogens (tertiary/aromatic N) is 1. The Balaban J connectivity index is 2.05. The van der Waals surface area contributed by atoms with Gasteiger partial charge in [-0.15, -0.1) is 11.3 Å². The molecule has 0 aliphatic heterocycles. The van der Waals surface area contributed by atoms with Gasteiger partial charge in [0, 0.05) is 16.5 Å². The number of benzene rings is 1. The Morgan fingerprint density at radius 1 is 1.19 bits per heavy atom. The smallest absolute Gasteiger partial charge is 0.379 e. The van der Waals surface area contributed by atoms with Crippen LogP contribution in [0, 0.1) is 0 Å². The van der Waals surface area contributed by atoms with Crippen LogP contribution < -0.4 is 5.32 Å². The van der Waals surface area contributed by atoms with Crippen molar-refractivity contribution in [1.82, 2.24) is 4.98 Å². The molecule has 2 aromatic rings. The summed E-state index contributed by atoms with van der Waals surface area (Å²) in [7, 11) is 0. The van der Waals surface area contributed by atoms with E-state index < -0.39 is 11.7 Å². The number of alkyl halides is 3. The van der Waals surface area contributed by atoms with Crippen LogP contribution in [0.4, 0.5) is 18.9 Å². The molecule has 2 nitrogen and oxygen atoms in total. The Labute approximate surface area is 126 Å². The zero-order valence-electron chi connectivity index (χ0n) is 12.1. The van der Waals surface area contributed by atoms with Gasteiger partial charge in [-0.3, -0.25) is 0 Å². The summed E-state index contributed by atoms with van der Waals surface area (Å²) in [5.74, 6) is 0. The summed E-state index contributed by atoms with van der Waals surface area (Å²) in [5.41, 5.74) is 0.762. The van der Waals surface area contributed by atoms with Crippen molar-refractivity contribution >= 4 is 17.0 Å². The standard InChI is InChI=1S/C15H17F3N2S/c1-14(2,3)12-9-21-13(20-12)8-19-11-6-4-5-10(7-11)15(16,17)18/h4-7,9,19H,8H2,1-3H3. The van der Waals surface area contributed by atoms with E-state index in [9.17, 15) is 13.2 Å². The summed E-state index contributed by atoms with van der Waals surface area (Å²) in [6.07, 6.45) is -4.32. The normalized spacial score (nSPS) is 12.5. The molecule has 0 aliphatic carbocycles. The van der Waals surface area contributed by atoms with E-state index in [1.807, 2.05) is 5.38 Å². The minimum Gasteiger partial charge on any atom is -0.379 e. The van der Waals surface area contributed by atoms with Gasteiger partial charge in [0.1, 0.15) is 5.01 Å². The highest BCUT2D eigenvalue weighted by molar-refractivity contribution is 7.09. The Hall–Kier alpha value is -1.56. The van der Waals surface area contributed by atoms with Crippen LogP contribution in [-0.4, -0.2) is 4.98 Å². The maximum absolute atomic E-state index is 12.6. The quantitative estimate of drug-likeness (QED) is 0.855. The van der Waals surface area contributed by atoms with Gasteiger partial charge in [-0.05, 0) is 18.2 Å². The van der Waals surface area contributed by atoms with Crippen molar-refractivity contribution in [2.45, 2.75) is 38.9 Å². The lowest BCUT2D eigenvalue weighted by molar-refractivity contribution is -0.137. The molecule has 1 heterocycles. The lowest BCUT2D eigenvalue weighted by atomic mass is 9.93. The summed E-state index contributed by atoms with van der Waals surface area (Å²) in [4.78, 5) is 4.50. The summed E-state index contributed by atoms with van der Waals surface area (Å²) >= 11 is 1.51. The van der Waals surface area contributed by atoms with Crippen LogP contribution in [0.1, 0.15) is 37.0 Å². The Morgan fingerprint density at radius 2 is 1.90 bits per heavy atom. The molecule has 0 atom stereocenters. The first-order valence-corrected chi connectivity index (χ1v) is 7.40. The van der Waals surface area contributed by atoms with E-state index in [-0.39, 0.29) is 5.41 Å². The van der Waals surface area contributed by atoms with Gasteiger partial charge in [-0.2, -0.15) is 13.2 Å². The first kappa shape index (κ1) is 15.8. The van der Waals surface area contributed by atoms with E-state index in [0.29, 0.717) is 12.2 Å². The molecule has 0 fully saturated rings.